The third kappa shape index (κ3) is 2.76. The Bertz CT molecular complexity index is 521. The summed E-state index contributed by atoms with van der Waals surface area (Å²) >= 11 is 0. The van der Waals surface area contributed by atoms with Crippen molar-refractivity contribution in [2.75, 3.05) is 0 Å². The third-order valence-corrected chi connectivity index (χ3v) is 2.17. The summed E-state index contributed by atoms with van der Waals surface area (Å²) in [7, 11) is 0. The van der Waals surface area contributed by atoms with E-state index in [9.17, 15) is 13.2 Å². The normalized spacial score (nSPS) is 11.6. The van der Waals surface area contributed by atoms with Gasteiger partial charge in [-0.1, -0.05) is 6.92 Å². The zero-order chi connectivity index (χ0) is 13.2. The van der Waals surface area contributed by atoms with E-state index in [2.05, 4.69) is 20.3 Å². The van der Waals surface area contributed by atoms with Gasteiger partial charge in [0.15, 0.2) is 5.82 Å². The molecule has 96 valence electrons. The van der Waals surface area contributed by atoms with Crippen LogP contribution in [0.15, 0.2) is 24.3 Å². The number of aryl methyl sites for hydroxylation is 1. The molecule has 0 unspecified atom stereocenters. The van der Waals surface area contributed by atoms with Gasteiger partial charge < -0.3 is 4.74 Å². The summed E-state index contributed by atoms with van der Waals surface area (Å²) in [6.45, 7) is 1.88. The van der Waals surface area contributed by atoms with E-state index >= 15 is 0 Å². The van der Waals surface area contributed by atoms with Crippen molar-refractivity contribution in [1.29, 1.82) is 0 Å². The van der Waals surface area contributed by atoms with Gasteiger partial charge in [-0.3, -0.25) is 0 Å². The maximum absolute atomic E-state index is 12.0. The summed E-state index contributed by atoms with van der Waals surface area (Å²) in [5, 5.41) is 11.0. The highest BCUT2D eigenvalue weighted by Gasteiger charge is 2.30. The van der Waals surface area contributed by atoms with E-state index in [0.717, 1.165) is 0 Å². The molecule has 0 saturated carbocycles. The minimum absolute atomic E-state index is 0.280. The van der Waals surface area contributed by atoms with Crippen LogP contribution in [0.4, 0.5) is 13.2 Å². The molecular formula is C10H9F3N4O. The van der Waals surface area contributed by atoms with Crippen LogP contribution in [0.5, 0.6) is 5.75 Å². The van der Waals surface area contributed by atoms with E-state index in [1.807, 2.05) is 6.92 Å². The van der Waals surface area contributed by atoms with Crippen molar-refractivity contribution in [1.82, 2.24) is 20.2 Å². The highest BCUT2D eigenvalue weighted by Crippen LogP contribution is 2.23. The number of ether oxygens (including phenoxy) is 1. The van der Waals surface area contributed by atoms with Gasteiger partial charge in [-0.25, -0.2) is 0 Å². The summed E-state index contributed by atoms with van der Waals surface area (Å²) in [6.07, 6.45) is -4.07. The van der Waals surface area contributed by atoms with Crippen molar-refractivity contribution in [3.8, 4) is 11.4 Å². The number of hydrogen-bond acceptors (Lipinski definition) is 4. The van der Waals surface area contributed by atoms with Crippen LogP contribution in [0, 0.1) is 0 Å². The molecule has 0 aliphatic heterocycles. The summed E-state index contributed by atoms with van der Waals surface area (Å²) in [5.74, 6) is 0.344. The lowest BCUT2D eigenvalue weighted by atomic mass is 10.3. The molecule has 0 amide bonds. The van der Waals surface area contributed by atoms with Gasteiger partial charge in [0.1, 0.15) is 5.75 Å². The minimum Gasteiger partial charge on any atom is -0.406 e. The molecule has 0 bridgehead atoms. The van der Waals surface area contributed by atoms with E-state index in [0.29, 0.717) is 17.9 Å². The van der Waals surface area contributed by atoms with Crippen molar-refractivity contribution in [3.05, 3.63) is 30.1 Å². The molecule has 5 nitrogen and oxygen atoms in total. The number of benzene rings is 1. The van der Waals surface area contributed by atoms with Gasteiger partial charge in [0.25, 0.3) is 0 Å². The van der Waals surface area contributed by atoms with Crippen LogP contribution >= 0.6 is 0 Å². The van der Waals surface area contributed by atoms with Crippen LogP contribution in [0.1, 0.15) is 12.7 Å². The number of nitrogens with zero attached hydrogens (tertiary/aromatic N) is 4. The predicted molar refractivity (Wildman–Crippen MR) is 55.2 cm³/mol. The van der Waals surface area contributed by atoms with Gasteiger partial charge in [-0.15, -0.1) is 18.3 Å². The molecule has 2 rings (SSSR count). The summed E-state index contributed by atoms with van der Waals surface area (Å²) < 4.78 is 41.1. The molecular weight excluding hydrogens is 249 g/mol. The molecule has 0 N–H and O–H groups in total. The van der Waals surface area contributed by atoms with Crippen molar-refractivity contribution in [2.45, 2.75) is 19.7 Å². The molecule has 0 atom stereocenters. The molecule has 0 aliphatic carbocycles. The van der Waals surface area contributed by atoms with Crippen molar-refractivity contribution >= 4 is 0 Å². The van der Waals surface area contributed by atoms with Gasteiger partial charge in [0, 0.05) is 6.42 Å². The van der Waals surface area contributed by atoms with Gasteiger partial charge in [-0.2, -0.15) is 4.68 Å². The van der Waals surface area contributed by atoms with E-state index in [1.54, 1.807) is 0 Å². The molecule has 1 heterocycles. The highest BCUT2D eigenvalue weighted by atomic mass is 19.4. The largest absolute Gasteiger partial charge is 0.573 e. The van der Waals surface area contributed by atoms with E-state index < -0.39 is 6.36 Å². The van der Waals surface area contributed by atoms with E-state index in [1.165, 1.54) is 28.9 Å². The first-order valence-corrected chi connectivity index (χ1v) is 5.13. The SMILES string of the molecule is CCc1nnnn1-c1ccc(OC(F)(F)F)cc1. The maximum atomic E-state index is 12.0. The first-order valence-electron chi connectivity index (χ1n) is 5.13. The molecule has 0 spiro atoms. The van der Waals surface area contributed by atoms with Gasteiger partial charge in [0.05, 0.1) is 5.69 Å². The third-order valence-electron chi connectivity index (χ3n) is 2.17. The number of aromatic nitrogens is 4. The predicted octanol–water partition coefficient (Wildman–Crippen LogP) is 2.12. The van der Waals surface area contributed by atoms with Crippen LogP contribution in [-0.2, 0) is 6.42 Å². The first kappa shape index (κ1) is 12.3. The topological polar surface area (TPSA) is 52.8 Å². The average molecular weight is 258 g/mol. The van der Waals surface area contributed by atoms with Crippen LogP contribution < -0.4 is 4.74 Å². The molecule has 0 radical (unpaired) electrons. The number of halogens is 3. The highest BCUT2D eigenvalue weighted by molar-refractivity contribution is 5.37. The zero-order valence-corrected chi connectivity index (χ0v) is 9.35. The molecule has 0 fully saturated rings. The standard InChI is InChI=1S/C10H9F3N4O/c1-2-9-14-15-16-17(9)7-3-5-8(6-4-7)18-10(11,12)13/h3-6H,2H2,1H3. The Morgan fingerprint density at radius 3 is 2.44 bits per heavy atom. The minimum atomic E-state index is -4.69. The fourth-order valence-corrected chi connectivity index (χ4v) is 1.42. The van der Waals surface area contributed by atoms with E-state index in [-0.39, 0.29) is 5.75 Å². The average Bonchev–Trinajstić information content (AvgIpc) is 2.76. The maximum Gasteiger partial charge on any atom is 0.573 e. The molecule has 18 heavy (non-hydrogen) atoms. The Hall–Kier alpha value is -2.12. The second-order valence-corrected chi connectivity index (χ2v) is 3.40. The molecule has 0 saturated heterocycles. The molecule has 1 aromatic heterocycles. The second kappa shape index (κ2) is 4.63. The fourth-order valence-electron chi connectivity index (χ4n) is 1.42. The molecule has 0 aliphatic rings. The lowest BCUT2D eigenvalue weighted by molar-refractivity contribution is -0.274. The lowest BCUT2D eigenvalue weighted by Crippen LogP contribution is -2.17. The smallest absolute Gasteiger partial charge is 0.406 e. The lowest BCUT2D eigenvalue weighted by Gasteiger charge is -2.09. The van der Waals surface area contributed by atoms with Crippen molar-refractivity contribution in [2.24, 2.45) is 0 Å². The van der Waals surface area contributed by atoms with Crippen LogP contribution in [0.25, 0.3) is 5.69 Å². The molecule has 2 aromatic rings. The Kier molecular flexibility index (Phi) is 3.17. The number of rotatable bonds is 3. The van der Waals surface area contributed by atoms with Gasteiger partial charge in [0.2, 0.25) is 0 Å². The quantitative estimate of drug-likeness (QED) is 0.846. The van der Waals surface area contributed by atoms with Crippen molar-refractivity contribution < 1.29 is 17.9 Å². The summed E-state index contributed by atoms with van der Waals surface area (Å²) in [4.78, 5) is 0. The number of tetrazole rings is 1. The molecule has 8 heteroatoms. The summed E-state index contributed by atoms with van der Waals surface area (Å²) in [5.41, 5.74) is 0.575. The number of alkyl halides is 3. The Morgan fingerprint density at radius 1 is 1.22 bits per heavy atom. The Balaban J connectivity index is 2.23. The van der Waals surface area contributed by atoms with Gasteiger partial charge >= 0.3 is 6.36 Å². The van der Waals surface area contributed by atoms with Gasteiger partial charge in [-0.05, 0) is 34.7 Å². The van der Waals surface area contributed by atoms with Crippen LogP contribution in [-0.4, -0.2) is 26.6 Å². The Morgan fingerprint density at radius 2 is 1.89 bits per heavy atom. The second-order valence-electron chi connectivity index (χ2n) is 3.40. The Labute approximate surface area is 100 Å². The number of hydrogen-bond donors (Lipinski definition) is 0. The van der Waals surface area contributed by atoms with Crippen molar-refractivity contribution in [3.63, 3.8) is 0 Å². The zero-order valence-electron chi connectivity index (χ0n) is 9.35. The van der Waals surface area contributed by atoms with E-state index in [4.69, 9.17) is 0 Å². The first-order chi connectivity index (χ1) is 8.49. The summed E-state index contributed by atoms with van der Waals surface area (Å²) in [6, 6.07) is 5.33. The monoisotopic (exact) mass is 258 g/mol. The molecule has 1 aromatic carbocycles. The fraction of sp³-hybridized carbons (Fsp3) is 0.300. The van der Waals surface area contributed by atoms with Crippen LogP contribution in [0.2, 0.25) is 0 Å². The van der Waals surface area contributed by atoms with Crippen LogP contribution in [0.3, 0.4) is 0 Å².